The van der Waals surface area contributed by atoms with E-state index in [1.54, 1.807) is 36.5 Å². The van der Waals surface area contributed by atoms with Crippen LogP contribution in [-0.2, 0) is 21.3 Å². The molecule has 0 bridgehead atoms. The van der Waals surface area contributed by atoms with Gasteiger partial charge in [0, 0.05) is 37.3 Å². The van der Waals surface area contributed by atoms with Crippen LogP contribution in [0, 0.1) is 0 Å². The molecule has 164 valence electrons. The molecular weight excluding hydrogens is 418 g/mol. The van der Waals surface area contributed by atoms with E-state index in [0.717, 1.165) is 16.6 Å². The Kier molecular flexibility index (Phi) is 6.03. The van der Waals surface area contributed by atoms with E-state index in [1.807, 2.05) is 18.5 Å². The van der Waals surface area contributed by atoms with Crippen LogP contribution in [0.4, 0.5) is 0 Å². The lowest BCUT2D eigenvalue weighted by atomic mass is 10.2. The predicted molar refractivity (Wildman–Crippen MR) is 115 cm³/mol. The van der Waals surface area contributed by atoms with Crippen molar-refractivity contribution < 1.29 is 17.9 Å². The first kappa shape index (κ1) is 21.4. The maximum Gasteiger partial charge on any atom is 0.253 e. The van der Waals surface area contributed by atoms with E-state index in [9.17, 15) is 13.2 Å². The number of carbonyl (C=O) groups excluding carboxylic acids is 1. The second kappa shape index (κ2) is 8.74. The largest absolute Gasteiger partial charge is 0.379 e. The number of morpholine rings is 1. The van der Waals surface area contributed by atoms with Gasteiger partial charge in [-0.3, -0.25) is 4.79 Å². The molecule has 0 spiro atoms. The minimum absolute atomic E-state index is 0.180. The summed E-state index contributed by atoms with van der Waals surface area (Å²) in [5, 5.41) is 7.97. The molecule has 31 heavy (non-hydrogen) atoms. The van der Waals surface area contributed by atoms with Crippen molar-refractivity contribution in [1.82, 2.24) is 24.4 Å². The number of carbonyl (C=O) groups is 1. The summed E-state index contributed by atoms with van der Waals surface area (Å²) in [5.41, 5.74) is 1.99. The van der Waals surface area contributed by atoms with Crippen LogP contribution in [0.5, 0.6) is 0 Å². The van der Waals surface area contributed by atoms with Crippen molar-refractivity contribution in [2.24, 2.45) is 0 Å². The number of benzene rings is 1. The lowest BCUT2D eigenvalue weighted by molar-refractivity contribution is 0.0730. The topological polar surface area (TPSA) is 106 Å². The van der Waals surface area contributed by atoms with E-state index < -0.39 is 10.0 Å². The summed E-state index contributed by atoms with van der Waals surface area (Å²) in [6.45, 7) is 5.84. The summed E-state index contributed by atoms with van der Waals surface area (Å²) in [7, 11) is -3.53. The quantitative estimate of drug-likeness (QED) is 0.624. The molecule has 0 atom stereocenters. The second-order valence-corrected chi connectivity index (χ2v) is 9.60. The number of nitrogens with zero attached hydrogens (tertiary/aromatic N) is 4. The standard InChI is InChI=1S/C21H25N5O4S/c1-15(2)26-20-17(14-24-26)11-18(13-22-20)21(27)23-12-16-3-5-19(6-4-16)31(28,29)25-7-9-30-10-8-25/h3-6,11,13-15H,7-10,12H2,1-2H3,(H,23,27). The van der Waals surface area contributed by atoms with Gasteiger partial charge in [-0.15, -0.1) is 0 Å². The van der Waals surface area contributed by atoms with Crippen molar-refractivity contribution in [3.63, 3.8) is 0 Å². The molecule has 3 heterocycles. The van der Waals surface area contributed by atoms with E-state index >= 15 is 0 Å². The highest BCUT2D eigenvalue weighted by Gasteiger charge is 2.26. The van der Waals surface area contributed by atoms with Crippen LogP contribution >= 0.6 is 0 Å². The van der Waals surface area contributed by atoms with E-state index in [0.29, 0.717) is 31.9 Å². The first-order chi connectivity index (χ1) is 14.9. The zero-order valence-corrected chi connectivity index (χ0v) is 18.3. The van der Waals surface area contributed by atoms with Gasteiger partial charge in [-0.05, 0) is 37.6 Å². The van der Waals surface area contributed by atoms with Crippen molar-refractivity contribution in [3.05, 3.63) is 53.9 Å². The van der Waals surface area contributed by atoms with Gasteiger partial charge in [-0.1, -0.05) is 12.1 Å². The SMILES string of the molecule is CC(C)n1ncc2cc(C(=O)NCc3ccc(S(=O)(=O)N4CCOCC4)cc3)cnc21. The molecule has 1 N–H and O–H groups in total. The Morgan fingerprint density at radius 3 is 2.55 bits per heavy atom. The second-order valence-electron chi connectivity index (χ2n) is 7.66. The smallest absolute Gasteiger partial charge is 0.253 e. The number of nitrogens with one attached hydrogen (secondary N) is 1. The fourth-order valence-electron chi connectivity index (χ4n) is 3.44. The predicted octanol–water partition coefficient (Wildman–Crippen LogP) is 1.96. The summed E-state index contributed by atoms with van der Waals surface area (Å²) in [6.07, 6.45) is 3.24. The summed E-state index contributed by atoms with van der Waals surface area (Å²) < 4.78 is 33.8. The normalized spacial score (nSPS) is 15.5. The molecule has 1 aliphatic heterocycles. The molecule has 1 aliphatic rings. The van der Waals surface area contributed by atoms with E-state index in [4.69, 9.17) is 4.74 Å². The van der Waals surface area contributed by atoms with Crippen LogP contribution < -0.4 is 5.32 Å². The molecule has 0 aliphatic carbocycles. The van der Waals surface area contributed by atoms with Crippen molar-refractivity contribution in [3.8, 4) is 0 Å². The molecular formula is C21H25N5O4S. The molecule has 1 fully saturated rings. The third kappa shape index (κ3) is 4.46. The maximum atomic E-state index is 12.7. The van der Waals surface area contributed by atoms with Gasteiger partial charge in [0.05, 0.1) is 29.9 Å². The molecule has 0 unspecified atom stereocenters. The molecule has 0 saturated carbocycles. The first-order valence-electron chi connectivity index (χ1n) is 10.1. The van der Waals surface area contributed by atoms with Gasteiger partial charge in [0.25, 0.3) is 5.91 Å². The molecule has 1 amide bonds. The highest BCUT2D eigenvalue weighted by molar-refractivity contribution is 7.89. The Labute approximate surface area is 181 Å². The van der Waals surface area contributed by atoms with Gasteiger partial charge in [0.1, 0.15) is 0 Å². The van der Waals surface area contributed by atoms with E-state index in [-0.39, 0.29) is 23.4 Å². The van der Waals surface area contributed by atoms with Crippen LogP contribution in [0.1, 0.15) is 35.8 Å². The minimum atomic E-state index is -3.53. The molecule has 1 aromatic carbocycles. The third-order valence-electron chi connectivity index (χ3n) is 5.17. The number of sulfonamides is 1. The van der Waals surface area contributed by atoms with E-state index in [1.165, 1.54) is 10.5 Å². The Morgan fingerprint density at radius 1 is 1.16 bits per heavy atom. The fraction of sp³-hybridized carbons (Fsp3) is 0.381. The van der Waals surface area contributed by atoms with Gasteiger partial charge in [-0.2, -0.15) is 9.40 Å². The Bertz CT molecular complexity index is 1180. The zero-order chi connectivity index (χ0) is 22.0. The van der Waals surface area contributed by atoms with Crippen molar-refractivity contribution >= 4 is 27.0 Å². The number of aromatic nitrogens is 3. The van der Waals surface area contributed by atoms with E-state index in [2.05, 4.69) is 15.4 Å². The molecule has 2 aromatic heterocycles. The lowest BCUT2D eigenvalue weighted by Gasteiger charge is -2.26. The van der Waals surface area contributed by atoms with Crippen LogP contribution in [0.25, 0.3) is 11.0 Å². The first-order valence-corrected chi connectivity index (χ1v) is 11.6. The number of rotatable bonds is 6. The molecule has 1 saturated heterocycles. The highest BCUT2D eigenvalue weighted by atomic mass is 32.2. The fourth-order valence-corrected chi connectivity index (χ4v) is 4.85. The summed E-state index contributed by atoms with van der Waals surface area (Å²) in [4.78, 5) is 17.2. The number of hydrogen-bond acceptors (Lipinski definition) is 6. The molecule has 9 nitrogen and oxygen atoms in total. The Balaban J connectivity index is 1.41. The van der Waals surface area contributed by atoms with Gasteiger partial charge < -0.3 is 10.1 Å². The van der Waals surface area contributed by atoms with Crippen LogP contribution in [-0.4, -0.2) is 59.7 Å². The lowest BCUT2D eigenvalue weighted by Crippen LogP contribution is -2.40. The Morgan fingerprint density at radius 2 is 1.87 bits per heavy atom. The highest BCUT2D eigenvalue weighted by Crippen LogP contribution is 2.19. The monoisotopic (exact) mass is 443 g/mol. The summed E-state index contributed by atoms with van der Waals surface area (Å²) >= 11 is 0. The average molecular weight is 444 g/mol. The number of hydrogen-bond donors (Lipinski definition) is 1. The van der Waals surface area contributed by atoms with Gasteiger partial charge in [0.2, 0.25) is 10.0 Å². The summed E-state index contributed by atoms with van der Waals surface area (Å²) in [6, 6.07) is 8.51. The number of ether oxygens (including phenoxy) is 1. The van der Waals surface area contributed by atoms with Gasteiger partial charge >= 0.3 is 0 Å². The van der Waals surface area contributed by atoms with Crippen molar-refractivity contribution in [2.45, 2.75) is 31.3 Å². The zero-order valence-electron chi connectivity index (χ0n) is 17.5. The van der Waals surface area contributed by atoms with Gasteiger partial charge in [0.15, 0.2) is 5.65 Å². The summed E-state index contributed by atoms with van der Waals surface area (Å²) in [5.74, 6) is -0.253. The maximum absolute atomic E-state index is 12.7. The molecule has 4 rings (SSSR count). The Hall–Kier alpha value is -2.82. The van der Waals surface area contributed by atoms with Crippen LogP contribution in [0.15, 0.2) is 47.6 Å². The van der Waals surface area contributed by atoms with Crippen LogP contribution in [0.2, 0.25) is 0 Å². The minimum Gasteiger partial charge on any atom is -0.379 e. The average Bonchev–Trinajstić information content (AvgIpc) is 3.22. The molecule has 3 aromatic rings. The third-order valence-corrected chi connectivity index (χ3v) is 7.08. The van der Waals surface area contributed by atoms with Gasteiger partial charge in [-0.25, -0.2) is 18.1 Å². The number of fused-ring (bicyclic) bond motifs is 1. The van der Waals surface area contributed by atoms with Crippen molar-refractivity contribution in [2.75, 3.05) is 26.3 Å². The molecule has 0 radical (unpaired) electrons. The molecule has 10 heteroatoms. The number of pyridine rings is 1. The van der Waals surface area contributed by atoms with Crippen molar-refractivity contribution in [1.29, 1.82) is 0 Å². The van der Waals surface area contributed by atoms with Crippen LogP contribution in [0.3, 0.4) is 0 Å². The number of amides is 1.